The summed E-state index contributed by atoms with van der Waals surface area (Å²) in [6.07, 6.45) is 3.70. The van der Waals surface area contributed by atoms with Crippen molar-refractivity contribution in [2.45, 2.75) is 39.3 Å². The summed E-state index contributed by atoms with van der Waals surface area (Å²) in [6.45, 7) is 7.55. The van der Waals surface area contributed by atoms with Crippen LogP contribution in [0, 0.1) is 6.92 Å². The molecule has 9 heteroatoms. The number of likely N-dealkylation sites (N-methyl/N-ethyl adjacent to an activating group) is 1. The van der Waals surface area contributed by atoms with Crippen LogP contribution in [0.1, 0.15) is 31.2 Å². The number of benzene rings is 1. The molecule has 3 rings (SSSR count). The zero-order valence-corrected chi connectivity index (χ0v) is 21.8. The van der Waals surface area contributed by atoms with E-state index in [1.54, 1.807) is 25.2 Å². The smallest absolute Gasteiger partial charge is 0.236 e. The average Bonchev–Trinajstić information content (AvgIpc) is 3.23. The second-order valence-corrected chi connectivity index (χ2v) is 8.16. The van der Waals surface area contributed by atoms with Gasteiger partial charge in [0.15, 0.2) is 11.7 Å². The molecule has 1 aromatic heterocycles. The number of rotatable bonds is 7. The SMILES string of the molecule is CCNC(=NCc1ncc(-c2ccc(C)cc2)o1)NC1CCN(CC(=O)N(C)C)CC1.I. The Morgan fingerprint density at radius 1 is 1.25 bits per heavy atom. The number of hydrogen-bond donors (Lipinski definition) is 2. The maximum absolute atomic E-state index is 11.9. The molecule has 0 unspecified atom stereocenters. The second-order valence-electron chi connectivity index (χ2n) is 8.16. The monoisotopic (exact) mass is 554 g/mol. The van der Waals surface area contributed by atoms with E-state index in [2.05, 4.69) is 44.6 Å². The molecule has 1 aliphatic heterocycles. The number of likely N-dealkylation sites (tertiary alicyclic amines) is 1. The first-order valence-electron chi connectivity index (χ1n) is 10.9. The van der Waals surface area contributed by atoms with Crippen molar-refractivity contribution >= 4 is 35.8 Å². The second kappa shape index (κ2) is 12.8. The molecule has 1 aliphatic rings. The van der Waals surface area contributed by atoms with Crippen molar-refractivity contribution in [2.24, 2.45) is 4.99 Å². The van der Waals surface area contributed by atoms with Gasteiger partial charge >= 0.3 is 0 Å². The third-order valence-corrected chi connectivity index (χ3v) is 5.39. The van der Waals surface area contributed by atoms with Crippen LogP contribution in [0.4, 0.5) is 0 Å². The van der Waals surface area contributed by atoms with Crippen LogP contribution in [0.15, 0.2) is 39.9 Å². The molecule has 2 N–H and O–H groups in total. The van der Waals surface area contributed by atoms with Crippen molar-refractivity contribution in [3.8, 4) is 11.3 Å². The first-order chi connectivity index (χ1) is 14.9. The minimum absolute atomic E-state index is 0. The standard InChI is InChI=1S/C23H34N6O2.HI/c1-5-24-23(27-19-10-12-29(13-11-19)16-22(30)28(3)4)26-15-21-25-14-20(31-21)18-8-6-17(2)7-9-18;/h6-9,14,19H,5,10-13,15-16H2,1-4H3,(H2,24,26,27);1H. The van der Waals surface area contributed by atoms with Crippen molar-refractivity contribution in [3.63, 3.8) is 0 Å². The summed E-state index contributed by atoms with van der Waals surface area (Å²) in [5.74, 6) is 2.25. The van der Waals surface area contributed by atoms with Crippen molar-refractivity contribution in [2.75, 3.05) is 40.3 Å². The highest BCUT2D eigenvalue weighted by Gasteiger charge is 2.22. The predicted molar refractivity (Wildman–Crippen MR) is 138 cm³/mol. The summed E-state index contributed by atoms with van der Waals surface area (Å²) in [6, 6.07) is 8.52. The number of carbonyl (C=O) groups is 1. The number of nitrogens with zero attached hydrogens (tertiary/aromatic N) is 4. The van der Waals surface area contributed by atoms with E-state index in [-0.39, 0.29) is 29.9 Å². The number of amides is 1. The summed E-state index contributed by atoms with van der Waals surface area (Å²) in [7, 11) is 3.60. The lowest BCUT2D eigenvalue weighted by Gasteiger charge is -2.33. The number of oxazole rings is 1. The van der Waals surface area contributed by atoms with E-state index in [4.69, 9.17) is 4.42 Å². The van der Waals surface area contributed by atoms with Crippen LogP contribution in [0.2, 0.25) is 0 Å². The maximum Gasteiger partial charge on any atom is 0.236 e. The molecule has 1 saturated heterocycles. The number of carbonyl (C=O) groups excluding carboxylic acids is 1. The number of aliphatic imine (C=N–C) groups is 1. The summed E-state index contributed by atoms with van der Waals surface area (Å²) in [5, 5.41) is 6.81. The maximum atomic E-state index is 11.9. The van der Waals surface area contributed by atoms with Gasteiger partial charge in [-0.2, -0.15) is 0 Å². The molecule has 0 bridgehead atoms. The lowest BCUT2D eigenvalue weighted by molar-refractivity contribution is -0.130. The van der Waals surface area contributed by atoms with Crippen molar-refractivity contribution in [1.29, 1.82) is 0 Å². The quantitative estimate of drug-likeness (QED) is 0.311. The van der Waals surface area contributed by atoms with Crippen molar-refractivity contribution < 1.29 is 9.21 Å². The number of halogens is 1. The molecule has 1 amide bonds. The third-order valence-electron chi connectivity index (χ3n) is 5.39. The van der Waals surface area contributed by atoms with Gasteiger partial charge in [-0.05, 0) is 26.7 Å². The largest absolute Gasteiger partial charge is 0.439 e. The highest BCUT2D eigenvalue weighted by molar-refractivity contribution is 14.0. The van der Waals surface area contributed by atoms with Gasteiger partial charge in [0.1, 0.15) is 6.54 Å². The van der Waals surface area contributed by atoms with Crippen LogP contribution in [-0.4, -0.2) is 73.0 Å². The fourth-order valence-electron chi connectivity index (χ4n) is 3.46. The van der Waals surface area contributed by atoms with Crippen LogP contribution >= 0.6 is 24.0 Å². The topological polar surface area (TPSA) is 86.0 Å². The Hall–Kier alpha value is -2.14. The van der Waals surface area contributed by atoms with Gasteiger partial charge in [-0.15, -0.1) is 24.0 Å². The average molecular weight is 554 g/mol. The van der Waals surface area contributed by atoms with E-state index in [0.717, 1.165) is 49.8 Å². The number of piperidine rings is 1. The van der Waals surface area contributed by atoms with E-state index in [1.807, 2.05) is 19.1 Å². The van der Waals surface area contributed by atoms with Crippen molar-refractivity contribution in [3.05, 3.63) is 41.9 Å². The van der Waals surface area contributed by atoms with E-state index in [1.165, 1.54) is 5.56 Å². The Morgan fingerprint density at radius 3 is 2.56 bits per heavy atom. The lowest BCUT2D eigenvalue weighted by atomic mass is 10.1. The molecule has 1 aromatic carbocycles. The summed E-state index contributed by atoms with van der Waals surface area (Å²) >= 11 is 0. The van der Waals surface area contributed by atoms with E-state index >= 15 is 0 Å². The van der Waals surface area contributed by atoms with Crippen molar-refractivity contribution in [1.82, 2.24) is 25.4 Å². The van der Waals surface area contributed by atoms with Crippen LogP contribution in [-0.2, 0) is 11.3 Å². The normalized spacial score (nSPS) is 15.2. The highest BCUT2D eigenvalue weighted by atomic mass is 127. The number of aryl methyl sites for hydroxylation is 1. The summed E-state index contributed by atoms with van der Waals surface area (Å²) in [4.78, 5) is 24.8. The predicted octanol–water partition coefficient (Wildman–Crippen LogP) is 2.88. The third kappa shape index (κ3) is 7.77. The molecule has 1 fully saturated rings. The summed E-state index contributed by atoms with van der Waals surface area (Å²) < 4.78 is 5.88. The van der Waals surface area contributed by atoms with Gasteiger partial charge < -0.3 is 20.0 Å². The molecule has 2 aromatic rings. The van der Waals surface area contributed by atoms with E-state index in [0.29, 0.717) is 25.0 Å². The van der Waals surface area contributed by atoms with E-state index < -0.39 is 0 Å². The van der Waals surface area contributed by atoms with Crippen LogP contribution in [0.25, 0.3) is 11.3 Å². The van der Waals surface area contributed by atoms with Gasteiger partial charge in [0.05, 0.1) is 12.7 Å². The fraction of sp³-hybridized carbons (Fsp3) is 0.522. The molecule has 0 saturated carbocycles. The Morgan fingerprint density at radius 2 is 1.94 bits per heavy atom. The molecular weight excluding hydrogens is 519 g/mol. The Balaban J connectivity index is 0.00000363. The first-order valence-corrected chi connectivity index (χ1v) is 10.9. The number of aromatic nitrogens is 1. The number of nitrogens with one attached hydrogen (secondary N) is 2. The minimum Gasteiger partial charge on any atom is -0.439 e. The van der Waals surface area contributed by atoms with Gasteiger partial charge in [0.25, 0.3) is 0 Å². The van der Waals surface area contributed by atoms with E-state index in [9.17, 15) is 4.79 Å². The fourth-order valence-corrected chi connectivity index (χ4v) is 3.46. The molecule has 2 heterocycles. The Labute approximate surface area is 207 Å². The molecule has 0 spiro atoms. The molecular formula is C23H35IN6O2. The number of guanidine groups is 1. The Bertz CT molecular complexity index is 873. The highest BCUT2D eigenvalue weighted by Crippen LogP contribution is 2.21. The molecule has 0 radical (unpaired) electrons. The van der Waals surface area contributed by atoms with Gasteiger partial charge in [-0.3, -0.25) is 9.69 Å². The molecule has 176 valence electrons. The zero-order chi connectivity index (χ0) is 22.2. The van der Waals surface area contributed by atoms with Crippen LogP contribution < -0.4 is 10.6 Å². The van der Waals surface area contributed by atoms with Crippen LogP contribution in [0.5, 0.6) is 0 Å². The Kier molecular flexibility index (Phi) is 10.4. The summed E-state index contributed by atoms with van der Waals surface area (Å²) in [5.41, 5.74) is 2.22. The van der Waals surface area contributed by atoms with Crippen LogP contribution in [0.3, 0.4) is 0 Å². The van der Waals surface area contributed by atoms with Gasteiger partial charge in [-0.1, -0.05) is 29.8 Å². The van der Waals surface area contributed by atoms with Gasteiger partial charge in [0, 0.05) is 45.3 Å². The zero-order valence-electron chi connectivity index (χ0n) is 19.4. The first kappa shape index (κ1) is 26.1. The van der Waals surface area contributed by atoms with Gasteiger partial charge in [0.2, 0.25) is 11.8 Å². The molecule has 0 aliphatic carbocycles. The molecule has 32 heavy (non-hydrogen) atoms. The number of hydrogen-bond acceptors (Lipinski definition) is 5. The minimum atomic E-state index is 0. The molecule has 0 atom stereocenters. The van der Waals surface area contributed by atoms with Gasteiger partial charge in [-0.25, -0.2) is 9.98 Å². The molecule has 8 nitrogen and oxygen atoms in total. The lowest BCUT2D eigenvalue weighted by Crippen LogP contribution is -2.50.